The maximum absolute atomic E-state index is 2.47. The number of benzene rings is 1. The fourth-order valence-electron chi connectivity index (χ4n) is 1.58. The van der Waals surface area contributed by atoms with Crippen LogP contribution >= 0.6 is 11.8 Å². The molecule has 0 aromatic heterocycles. The van der Waals surface area contributed by atoms with Crippen LogP contribution in [-0.4, -0.2) is 24.6 Å². The molecule has 1 aliphatic rings. The van der Waals surface area contributed by atoms with Crippen LogP contribution in [-0.2, 0) is 0 Å². The van der Waals surface area contributed by atoms with E-state index in [9.17, 15) is 0 Å². The summed E-state index contributed by atoms with van der Waals surface area (Å²) in [6.45, 7) is 8.79. The van der Waals surface area contributed by atoms with Gasteiger partial charge < -0.3 is 4.90 Å². The Hall–Kier alpha value is -0.630. The number of thioether (sulfide) groups is 1. The second-order valence-electron chi connectivity index (χ2n) is 4.14. The normalized spacial score (nSPS) is 15.3. The third-order valence-electron chi connectivity index (χ3n) is 2.41. The number of anilines is 1. The average Bonchev–Trinajstić information content (AvgIpc) is 2.32. The van der Waals surface area contributed by atoms with Gasteiger partial charge >= 0.3 is 0 Å². The molecule has 0 unspecified atom stereocenters. The van der Waals surface area contributed by atoms with Crippen molar-refractivity contribution in [3.63, 3.8) is 0 Å². The van der Waals surface area contributed by atoms with Crippen LogP contribution in [0.15, 0.2) is 24.3 Å². The van der Waals surface area contributed by atoms with Crippen molar-refractivity contribution in [1.82, 2.24) is 0 Å². The summed E-state index contributed by atoms with van der Waals surface area (Å²) in [6, 6.07) is 8.84. The minimum absolute atomic E-state index is 1.20. The highest BCUT2D eigenvalue weighted by atomic mass is 32.2. The summed E-state index contributed by atoms with van der Waals surface area (Å²) in [5, 5.41) is 0. The van der Waals surface area contributed by atoms with Gasteiger partial charge in [-0.15, -0.1) is 0 Å². The van der Waals surface area contributed by atoms with E-state index in [1.807, 2.05) is 0 Å². The highest BCUT2D eigenvalue weighted by molar-refractivity contribution is 7.99. The van der Waals surface area contributed by atoms with E-state index in [2.05, 4.69) is 61.7 Å². The first-order chi connectivity index (χ1) is 7.77. The largest absolute Gasteiger partial charge is 0.370 e. The third-order valence-corrected chi connectivity index (χ3v) is 3.35. The molecule has 2 rings (SSSR count). The predicted octanol–water partition coefficient (Wildman–Crippen LogP) is 3.96. The van der Waals surface area contributed by atoms with Gasteiger partial charge in [0, 0.05) is 30.3 Å². The van der Waals surface area contributed by atoms with E-state index in [1.54, 1.807) is 0 Å². The van der Waals surface area contributed by atoms with E-state index in [0.717, 1.165) is 0 Å². The predicted molar refractivity (Wildman–Crippen MR) is 76.7 cm³/mol. The van der Waals surface area contributed by atoms with E-state index in [-0.39, 0.29) is 0 Å². The van der Waals surface area contributed by atoms with Crippen LogP contribution < -0.4 is 4.90 Å². The monoisotopic (exact) mass is 237 g/mol. The van der Waals surface area contributed by atoms with Gasteiger partial charge in [-0.25, -0.2) is 0 Å². The molecule has 0 spiro atoms. The Morgan fingerprint density at radius 2 is 1.56 bits per heavy atom. The standard InChI is InChI=1S/C11H15NS.C3H8/c1-10-2-4-11(5-3-10)12-6-8-13-9-7-12;1-3-2/h2-5H,6-9H2,1H3;3H2,1-2H3. The topological polar surface area (TPSA) is 3.24 Å². The lowest BCUT2D eigenvalue weighted by Gasteiger charge is -2.28. The molecule has 0 amide bonds. The van der Waals surface area contributed by atoms with Gasteiger partial charge in [0.2, 0.25) is 0 Å². The molecule has 1 aliphatic heterocycles. The highest BCUT2D eigenvalue weighted by Gasteiger charge is 2.09. The van der Waals surface area contributed by atoms with E-state index in [0.29, 0.717) is 0 Å². The maximum Gasteiger partial charge on any atom is 0.0366 e. The molecule has 1 fully saturated rings. The van der Waals surface area contributed by atoms with E-state index in [1.165, 1.54) is 42.3 Å². The Morgan fingerprint density at radius 3 is 2.06 bits per heavy atom. The van der Waals surface area contributed by atoms with Crippen molar-refractivity contribution in [2.45, 2.75) is 27.2 Å². The molecular formula is C14H23NS. The van der Waals surface area contributed by atoms with E-state index < -0.39 is 0 Å². The van der Waals surface area contributed by atoms with Crippen molar-refractivity contribution in [1.29, 1.82) is 0 Å². The van der Waals surface area contributed by atoms with Crippen LogP contribution in [0.2, 0.25) is 0 Å². The molecule has 1 heterocycles. The van der Waals surface area contributed by atoms with Gasteiger partial charge in [-0.3, -0.25) is 0 Å². The molecule has 0 saturated carbocycles. The summed E-state index contributed by atoms with van der Waals surface area (Å²) < 4.78 is 0. The van der Waals surface area contributed by atoms with Crippen molar-refractivity contribution in [2.75, 3.05) is 29.5 Å². The van der Waals surface area contributed by atoms with Crippen molar-refractivity contribution < 1.29 is 0 Å². The molecule has 2 heteroatoms. The third kappa shape index (κ3) is 4.48. The molecule has 1 saturated heterocycles. The van der Waals surface area contributed by atoms with E-state index >= 15 is 0 Å². The summed E-state index contributed by atoms with van der Waals surface area (Å²) in [7, 11) is 0. The van der Waals surface area contributed by atoms with Gasteiger partial charge in [0.25, 0.3) is 0 Å². The average molecular weight is 237 g/mol. The fraction of sp³-hybridized carbons (Fsp3) is 0.571. The number of nitrogens with zero attached hydrogens (tertiary/aromatic N) is 1. The van der Waals surface area contributed by atoms with Gasteiger partial charge in [-0.1, -0.05) is 38.0 Å². The smallest absolute Gasteiger partial charge is 0.0366 e. The van der Waals surface area contributed by atoms with E-state index in [4.69, 9.17) is 0 Å². The van der Waals surface area contributed by atoms with Crippen molar-refractivity contribution >= 4 is 17.4 Å². The molecule has 0 radical (unpaired) electrons. The Balaban J connectivity index is 0.000000386. The van der Waals surface area contributed by atoms with Gasteiger partial charge in [-0.05, 0) is 19.1 Å². The Kier molecular flexibility index (Phi) is 6.39. The molecule has 0 aliphatic carbocycles. The van der Waals surface area contributed by atoms with Gasteiger partial charge in [0.1, 0.15) is 0 Å². The maximum atomic E-state index is 2.47. The zero-order valence-corrected chi connectivity index (χ0v) is 11.5. The Labute approximate surface area is 104 Å². The molecule has 1 nitrogen and oxygen atoms in total. The second kappa shape index (κ2) is 7.61. The summed E-state index contributed by atoms with van der Waals surface area (Å²) in [4.78, 5) is 2.47. The van der Waals surface area contributed by atoms with Crippen LogP contribution in [0.3, 0.4) is 0 Å². The van der Waals surface area contributed by atoms with Crippen molar-refractivity contribution in [2.24, 2.45) is 0 Å². The minimum Gasteiger partial charge on any atom is -0.370 e. The fourth-order valence-corrected chi connectivity index (χ4v) is 2.48. The van der Waals surface area contributed by atoms with Gasteiger partial charge in [0.15, 0.2) is 0 Å². The van der Waals surface area contributed by atoms with Crippen LogP contribution in [0.1, 0.15) is 25.8 Å². The first-order valence-corrected chi connectivity index (χ1v) is 7.32. The van der Waals surface area contributed by atoms with Gasteiger partial charge in [-0.2, -0.15) is 11.8 Å². The molecule has 0 atom stereocenters. The number of aryl methyl sites for hydroxylation is 1. The second-order valence-corrected chi connectivity index (χ2v) is 5.37. The summed E-state index contributed by atoms with van der Waals surface area (Å²) >= 11 is 2.05. The lowest BCUT2D eigenvalue weighted by atomic mass is 10.2. The molecule has 90 valence electrons. The Morgan fingerprint density at radius 1 is 1.06 bits per heavy atom. The number of hydrogen-bond acceptors (Lipinski definition) is 2. The SMILES string of the molecule is CCC.Cc1ccc(N2CCSCC2)cc1. The van der Waals surface area contributed by atoms with Gasteiger partial charge in [0.05, 0.1) is 0 Å². The first-order valence-electron chi connectivity index (χ1n) is 6.17. The zero-order valence-electron chi connectivity index (χ0n) is 10.7. The lowest BCUT2D eigenvalue weighted by Crippen LogP contribution is -2.32. The summed E-state index contributed by atoms with van der Waals surface area (Å²) in [5.41, 5.74) is 2.72. The molecule has 1 aromatic carbocycles. The van der Waals surface area contributed by atoms with Crippen LogP contribution in [0.25, 0.3) is 0 Å². The number of hydrogen-bond donors (Lipinski definition) is 0. The lowest BCUT2D eigenvalue weighted by molar-refractivity contribution is 0.858. The molecule has 16 heavy (non-hydrogen) atoms. The minimum atomic E-state index is 1.20. The van der Waals surface area contributed by atoms with Crippen molar-refractivity contribution in [3.8, 4) is 0 Å². The summed E-state index contributed by atoms with van der Waals surface area (Å²) in [5.74, 6) is 2.54. The molecule has 1 aromatic rings. The van der Waals surface area contributed by atoms with Crippen LogP contribution in [0.5, 0.6) is 0 Å². The van der Waals surface area contributed by atoms with Crippen LogP contribution in [0.4, 0.5) is 5.69 Å². The number of rotatable bonds is 1. The summed E-state index contributed by atoms with van der Waals surface area (Å²) in [6.07, 6.45) is 1.25. The van der Waals surface area contributed by atoms with Crippen LogP contribution in [0, 0.1) is 6.92 Å². The molecular weight excluding hydrogens is 214 g/mol. The zero-order chi connectivity index (χ0) is 11.8. The quantitative estimate of drug-likeness (QED) is 0.727. The first kappa shape index (κ1) is 13.4. The molecule has 0 bridgehead atoms. The Bertz CT molecular complexity index is 275. The van der Waals surface area contributed by atoms with Crippen molar-refractivity contribution in [3.05, 3.63) is 29.8 Å². The highest BCUT2D eigenvalue weighted by Crippen LogP contribution is 2.19. The molecule has 0 N–H and O–H groups in total.